The zero-order valence-electron chi connectivity index (χ0n) is 15.4. The quantitative estimate of drug-likeness (QED) is 0.624. The highest BCUT2D eigenvalue weighted by Crippen LogP contribution is 2.34. The molecule has 0 unspecified atom stereocenters. The lowest BCUT2D eigenvalue weighted by atomic mass is 10.1. The molecule has 0 bridgehead atoms. The second-order valence-electron chi connectivity index (χ2n) is 7.28. The monoisotopic (exact) mass is 377 g/mol. The summed E-state index contributed by atoms with van der Waals surface area (Å²) in [5.74, 6) is 0.991. The number of rotatable bonds is 5. The van der Waals surface area contributed by atoms with Gasteiger partial charge in [-0.15, -0.1) is 0 Å². The van der Waals surface area contributed by atoms with E-state index in [9.17, 15) is 9.90 Å². The largest absolute Gasteiger partial charge is 0.391 e. The number of primary amides is 1. The van der Waals surface area contributed by atoms with E-state index in [1.807, 2.05) is 35.0 Å². The zero-order valence-corrected chi connectivity index (χ0v) is 15.4. The molecule has 1 aliphatic carbocycles. The first-order valence-electron chi connectivity index (χ1n) is 9.34. The minimum Gasteiger partial charge on any atom is -0.391 e. The Kier molecular flexibility index (Phi) is 4.93. The molecule has 0 aliphatic heterocycles. The highest BCUT2D eigenvalue weighted by atomic mass is 16.3. The van der Waals surface area contributed by atoms with Crippen molar-refractivity contribution >= 4 is 5.91 Å². The summed E-state index contributed by atoms with van der Waals surface area (Å²) in [5.41, 5.74) is 13.7. The van der Waals surface area contributed by atoms with Crippen LogP contribution in [0.2, 0.25) is 0 Å². The van der Waals surface area contributed by atoms with Gasteiger partial charge < -0.3 is 16.6 Å². The van der Waals surface area contributed by atoms with Crippen molar-refractivity contribution in [3.63, 3.8) is 0 Å². The summed E-state index contributed by atoms with van der Waals surface area (Å²) >= 11 is 0. The third-order valence-electron chi connectivity index (χ3n) is 5.25. The Labute approximate surface area is 163 Å². The summed E-state index contributed by atoms with van der Waals surface area (Å²) < 4.78 is 1.89. The van der Waals surface area contributed by atoms with E-state index in [2.05, 4.69) is 0 Å². The smallest absolute Gasteiger partial charge is 0.248 e. The maximum Gasteiger partial charge on any atom is 0.248 e. The van der Waals surface area contributed by atoms with Gasteiger partial charge in [0.25, 0.3) is 0 Å². The summed E-state index contributed by atoms with van der Waals surface area (Å²) in [6.45, 7) is 0.588. The number of nitrogens with zero attached hydrogens (tertiary/aromatic N) is 3. The number of hydrogen-bond acceptors (Lipinski definition) is 5. The van der Waals surface area contributed by atoms with E-state index in [1.54, 1.807) is 24.3 Å². The Hall–Kier alpha value is -3.03. The lowest BCUT2D eigenvalue weighted by Gasteiger charge is -2.11. The van der Waals surface area contributed by atoms with Crippen molar-refractivity contribution in [1.82, 2.24) is 14.8 Å². The third-order valence-corrected chi connectivity index (χ3v) is 5.25. The highest BCUT2D eigenvalue weighted by Gasteiger charge is 2.34. The summed E-state index contributed by atoms with van der Waals surface area (Å²) in [7, 11) is 0. The molecule has 1 amide bonds. The number of carbonyl (C=O) groups is 1. The van der Waals surface area contributed by atoms with E-state index < -0.39 is 12.0 Å². The van der Waals surface area contributed by atoms with Gasteiger partial charge in [-0.3, -0.25) is 4.79 Å². The molecular weight excluding hydrogens is 354 g/mol. The summed E-state index contributed by atoms with van der Waals surface area (Å²) in [4.78, 5) is 16.1. The SMILES string of the molecule is NC(=O)c1ccc(-c2nc([C@H]3C[C@@H](N)[C@H](O)C3)n(Cc3ccccc3)n2)cc1. The van der Waals surface area contributed by atoms with Crippen LogP contribution in [0.5, 0.6) is 0 Å². The van der Waals surface area contributed by atoms with Crippen LogP contribution < -0.4 is 11.5 Å². The van der Waals surface area contributed by atoms with Gasteiger partial charge >= 0.3 is 0 Å². The molecule has 1 aromatic heterocycles. The molecule has 1 fully saturated rings. The van der Waals surface area contributed by atoms with Crippen molar-refractivity contribution < 1.29 is 9.90 Å². The molecule has 1 aliphatic rings. The fraction of sp³-hybridized carbons (Fsp3) is 0.286. The van der Waals surface area contributed by atoms with Crippen LogP contribution >= 0.6 is 0 Å². The van der Waals surface area contributed by atoms with Crippen LogP contribution in [-0.2, 0) is 6.54 Å². The second kappa shape index (κ2) is 7.53. The van der Waals surface area contributed by atoms with Gasteiger partial charge in [0, 0.05) is 23.1 Å². The number of hydrogen-bond donors (Lipinski definition) is 3. The molecule has 0 saturated heterocycles. The Morgan fingerprint density at radius 3 is 2.43 bits per heavy atom. The predicted molar refractivity (Wildman–Crippen MR) is 105 cm³/mol. The fourth-order valence-corrected chi connectivity index (χ4v) is 3.69. The maximum absolute atomic E-state index is 11.3. The molecule has 4 rings (SSSR count). The molecule has 2 aromatic carbocycles. The lowest BCUT2D eigenvalue weighted by Crippen LogP contribution is -2.28. The van der Waals surface area contributed by atoms with Crippen molar-refractivity contribution in [2.24, 2.45) is 11.5 Å². The first kappa shape index (κ1) is 18.3. The molecule has 0 spiro atoms. The predicted octanol–water partition coefficient (Wildman–Crippen LogP) is 1.66. The first-order valence-corrected chi connectivity index (χ1v) is 9.34. The van der Waals surface area contributed by atoms with Gasteiger partial charge in [0.05, 0.1) is 12.6 Å². The van der Waals surface area contributed by atoms with Crippen LogP contribution in [0.25, 0.3) is 11.4 Å². The van der Waals surface area contributed by atoms with Gasteiger partial charge in [-0.25, -0.2) is 9.67 Å². The number of benzene rings is 2. The van der Waals surface area contributed by atoms with Crippen molar-refractivity contribution in [2.75, 3.05) is 0 Å². The minimum absolute atomic E-state index is 0.0554. The zero-order chi connectivity index (χ0) is 19.7. The van der Waals surface area contributed by atoms with E-state index >= 15 is 0 Å². The number of aromatic nitrogens is 3. The Morgan fingerprint density at radius 1 is 1.11 bits per heavy atom. The van der Waals surface area contributed by atoms with Crippen molar-refractivity contribution in [2.45, 2.75) is 37.5 Å². The molecule has 144 valence electrons. The topological polar surface area (TPSA) is 120 Å². The van der Waals surface area contributed by atoms with Gasteiger partial charge in [-0.2, -0.15) is 5.10 Å². The van der Waals surface area contributed by atoms with Crippen molar-refractivity contribution in [3.05, 3.63) is 71.5 Å². The molecule has 1 saturated carbocycles. The van der Waals surface area contributed by atoms with Crippen molar-refractivity contribution in [3.8, 4) is 11.4 Å². The van der Waals surface area contributed by atoms with Crippen molar-refractivity contribution in [1.29, 1.82) is 0 Å². The number of amides is 1. The molecule has 7 heteroatoms. The van der Waals surface area contributed by atoms with E-state index in [1.165, 1.54) is 0 Å². The van der Waals surface area contributed by atoms with Gasteiger partial charge in [0.15, 0.2) is 5.82 Å². The van der Waals surface area contributed by atoms with Crippen LogP contribution in [0, 0.1) is 0 Å². The van der Waals surface area contributed by atoms with Gasteiger partial charge in [0.2, 0.25) is 5.91 Å². The van der Waals surface area contributed by atoms with Crippen LogP contribution in [0.1, 0.15) is 40.5 Å². The van der Waals surface area contributed by atoms with Crippen LogP contribution in [-0.4, -0.2) is 37.9 Å². The molecule has 3 atom stereocenters. The molecule has 7 nitrogen and oxygen atoms in total. The third kappa shape index (κ3) is 3.67. The minimum atomic E-state index is -0.523. The Morgan fingerprint density at radius 2 is 1.82 bits per heavy atom. The van der Waals surface area contributed by atoms with Gasteiger partial charge in [0.1, 0.15) is 5.82 Å². The molecule has 3 aromatic rings. The number of carbonyl (C=O) groups excluding carboxylic acids is 1. The Bertz CT molecular complexity index is 958. The molecular formula is C21H23N5O2. The molecule has 1 heterocycles. The standard InChI is InChI=1S/C21H23N5O2/c22-17-10-16(11-18(17)27)21-24-20(15-8-6-14(7-9-15)19(23)28)25-26(21)12-13-4-2-1-3-5-13/h1-9,16-18,27H,10-12,22H2,(H2,23,28)/t16-,17+,18+/m0/s1. The van der Waals surface area contributed by atoms with Gasteiger partial charge in [-0.1, -0.05) is 42.5 Å². The number of aliphatic hydroxyl groups excluding tert-OH is 1. The van der Waals surface area contributed by atoms with Crippen LogP contribution in [0.3, 0.4) is 0 Å². The van der Waals surface area contributed by atoms with E-state index in [-0.39, 0.29) is 12.0 Å². The fourth-order valence-electron chi connectivity index (χ4n) is 3.69. The average molecular weight is 377 g/mol. The van der Waals surface area contributed by atoms with Crippen LogP contribution in [0.15, 0.2) is 54.6 Å². The lowest BCUT2D eigenvalue weighted by molar-refractivity contribution is 0.100. The number of aliphatic hydroxyl groups is 1. The number of nitrogens with two attached hydrogens (primary N) is 2. The van der Waals surface area contributed by atoms with E-state index in [4.69, 9.17) is 21.5 Å². The normalized spacial score (nSPS) is 21.7. The first-order chi connectivity index (χ1) is 13.5. The Balaban J connectivity index is 1.70. The van der Waals surface area contributed by atoms with Crippen LogP contribution in [0.4, 0.5) is 0 Å². The summed E-state index contributed by atoms with van der Waals surface area (Å²) in [6.07, 6.45) is 0.730. The molecule has 0 radical (unpaired) electrons. The molecule has 28 heavy (non-hydrogen) atoms. The average Bonchev–Trinajstić information content (AvgIpc) is 3.26. The van der Waals surface area contributed by atoms with E-state index in [0.29, 0.717) is 30.8 Å². The van der Waals surface area contributed by atoms with Gasteiger partial charge in [-0.05, 0) is 30.5 Å². The second-order valence-corrected chi connectivity index (χ2v) is 7.28. The summed E-state index contributed by atoms with van der Waals surface area (Å²) in [5, 5.41) is 14.8. The molecule has 5 N–H and O–H groups in total. The van der Waals surface area contributed by atoms with E-state index in [0.717, 1.165) is 17.0 Å². The maximum atomic E-state index is 11.3. The highest BCUT2D eigenvalue weighted by molar-refractivity contribution is 5.93. The summed E-state index contributed by atoms with van der Waals surface area (Å²) in [6, 6.07) is 16.7.